The van der Waals surface area contributed by atoms with E-state index >= 15 is 0 Å². The first-order valence-corrected chi connectivity index (χ1v) is 8.13. The number of ether oxygens (including phenoxy) is 2. The molecule has 0 fully saturated rings. The molecule has 0 saturated carbocycles. The third-order valence-corrected chi connectivity index (χ3v) is 2.85. The van der Waals surface area contributed by atoms with Gasteiger partial charge in [-0.15, -0.1) is 0 Å². The van der Waals surface area contributed by atoms with E-state index in [0.29, 0.717) is 31.3 Å². The second kappa shape index (κ2) is 11.0. The van der Waals surface area contributed by atoms with Crippen LogP contribution in [0.3, 0.4) is 0 Å². The van der Waals surface area contributed by atoms with Gasteiger partial charge in [0.2, 0.25) is 0 Å². The maximum Gasteiger partial charge on any atom is 0.329 e. The van der Waals surface area contributed by atoms with Crippen molar-refractivity contribution in [2.24, 2.45) is 5.10 Å². The van der Waals surface area contributed by atoms with Crippen molar-refractivity contribution in [2.75, 3.05) is 19.8 Å². The van der Waals surface area contributed by atoms with Crippen LogP contribution in [0.25, 0.3) is 0 Å². The van der Waals surface area contributed by atoms with Gasteiger partial charge in [-0.1, -0.05) is 13.8 Å². The second-order valence-corrected chi connectivity index (χ2v) is 4.94. The van der Waals surface area contributed by atoms with Crippen molar-refractivity contribution in [3.8, 4) is 11.5 Å². The van der Waals surface area contributed by atoms with Gasteiger partial charge < -0.3 is 14.8 Å². The standard InChI is InChI=1S/C17H25N3O4/c1-4-9-18-16(21)17(22)20-19-12-13-7-8-14(24-10-5-2)15(11-13)23-6-3/h7-8,11-12H,4-6,9-10H2,1-3H3,(H,18,21)(H,20,22)/b19-12-. The van der Waals surface area contributed by atoms with Crippen molar-refractivity contribution in [1.29, 1.82) is 0 Å². The number of nitrogens with one attached hydrogen (secondary N) is 2. The first kappa shape index (κ1) is 19.5. The molecule has 0 unspecified atom stereocenters. The van der Waals surface area contributed by atoms with Gasteiger partial charge in [-0.3, -0.25) is 9.59 Å². The molecule has 0 spiro atoms. The number of benzene rings is 1. The third-order valence-electron chi connectivity index (χ3n) is 2.85. The Hall–Kier alpha value is -2.57. The van der Waals surface area contributed by atoms with E-state index in [9.17, 15) is 9.59 Å². The van der Waals surface area contributed by atoms with Crippen LogP contribution in [0.1, 0.15) is 39.2 Å². The van der Waals surface area contributed by atoms with E-state index in [-0.39, 0.29) is 0 Å². The number of carbonyl (C=O) groups excluding carboxylic acids is 2. The molecular formula is C17H25N3O4. The Morgan fingerprint density at radius 1 is 1.08 bits per heavy atom. The van der Waals surface area contributed by atoms with Crippen LogP contribution >= 0.6 is 0 Å². The van der Waals surface area contributed by atoms with Crippen LogP contribution in [0.4, 0.5) is 0 Å². The Labute approximate surface area is 142 Å². The summed E-state index contributed by atoms with van der Waals surface area (Å²) in [5.41, 5.74) is 2.91. The van der Waals surface area contributed by atoms with Gasteiger partial charge in [-0.05, 0) is 43.5 Å². The maximum atomic E-state index is 11.5. The summed E-state index contributed by atoms with van der Waals surface area (Å²) in [5, 5.41) is 6.25. The molecule has 0 saturated heterocycles. The van der Waals surface area contributed by atoms with Gasteiger partial charge in [-0.25, -0.2) is 5.43 Å². The highest BCUT2D eigenvalue weighted by atomic mass is 16.5. The predicted molar refractivity (Wildman–Crippen MR) is 92.4 cm³/mol. The van der Waals surface area contributed by atoms with Crippen LogP contribution in [-0.4, -0.2) is 37.8 Å². The third kappa shape index (κ3) is 6.68. The fourth-order valence-electron chi connectivity index (χ4n) is 1.74. The molecule has 0 atom stereocenters. The van der Waals surface area contributed by atoms with E-state index in [1.54, 1.807) is 18.2 Å². The van der Waals surface area contributed by atoms with Crippen LogP contribution in [0.5, 0.6) is 11.5 Å². The summed E-state index contributed by atoms with van der Waals surface area (Å²) in [7, 11) is 0. The van der Waals surface area contributed by atoms with E-state index in [0.717, 1.165) is 18.4 Å². The predicted octanol–water partition coefficient (Wildman–Crippen LogP) is 1.85. The van der Waals surface area contributed by atoms with Gasteiger partial charge in [-0.2, -0.15) is 5.10 Å². The second-order valence-electron chi connectivity index (χ2n) is 4.94. The normalized spacial score (nSPS) is 10.5. The highest BCUT2D eigenvalue weighted by Gasteiger charge is 2.11. The largest absolute Gasteiger partial charge is 0.490 e. The summed E-state index contributed by atoms with van der Waals surface area (Å²) in [4.78, 5) is 22.9. The Bertz CT molecular complexity index is 573. The molecule has 7 heteroatoms. The van der Waals surface area contributed by atoms with Gasteiger partial charge in [0.15, 0.2) is 11.5 Å². The van der Waals surface area contributed by atoms with Crippen molar-refractivity contribution in [2.45, 2.75) is 33.6 Å². The van der Waals surface area contributed by atoms with E-state index in [1.165, 1.54) is 6.21 Å². The van der Waals surface area contributed by atoms with Gasteiger partial charge in [0.1, 0.15) is 0 Å². The van der Waals surface area contributed by atoms with Crippen molar-refractivity contribution >= 4 is 18.0 Å². The minimum atomic E-state index is -0.798. The number of hydrazone groups is 1. The zero-order valence-corrected chi connectivity index (χ0v) is 14.4. The fourth-order valence-corrected chi connectivity index (χ4v) is 1.74. The Balaban J connectivity index is 2.67. The van der Waals surface area contributed by atoms with Crippen molar-refractivity contribution in [1.82, 2.24) is 10.7 Å². The molecule has 2 N–H and O–H groups in total. The van der Waals surface area contributed by atoms with Crippen molar-refractivity contribution in [3.05, 3.63) is 23.8 Å². The van der Waals surface area contributed by atoms with Crippen LogP contribution in [0.2, 0.25) is 0 Å². The summed E-state index contributed by atoms with van der Waals surface area (Å²) in [5.74, 6) is -0.222. The van der Waals surface area contributed by atoms with E-state index < -0.39 is 11.8 Å². The molecule has 24 heavy (non-hydrogen) atoms. The summed E-state index contributed by atoms with van der Waals surface area (Å²) < 4.78 is 11.2. The van der Waals surface area contributed by atoms with Crippen molar-refractivity contribution in [3.63, 3.8) is 0 Å². The summed E-state index contributed by atoms with van der Waals surface area (Å²) >= 11 is 0. The molecular weight excluding hydrogens is 310 g/mol. The number of amides is 2. The molecule has 1 aromatic rings. The topological polar surface area (TPSA) is 89.0 Å². The Kier molecular flexibility index (Phi) is 8.96. The number of nitrogens with zero attached hydrogens (tertiary/aromatic N) is 1. The summed E-state index contributed by atoms with van der Waals surface area (Å²) in [6.45, 7) is 7.39. The number of carbonyl (C=O) groups is 2. The highest BCUT2D eigenvalue weighted by Crippen LogP contribution is 2.28. The lowest BCUT2D eigenvalue weighted by molar-refractivity contribution is -0.139. The lowest BCUT2D eigenvalue weighted by Crippen LogP contribution is -2.38. The molecule has 0 aromatic heterocycles. The fraction of sp³-hybridized carbons (Fsp3) is 0.471. The molecule has 0 aliphatic rings. The molecule has 0 aliphatic carbocycles. The van der Waals surface area contributed by atoms with Crippen LogP contribution < -0.4 is 20.2 Å². The average Bonchev–Trinajstić information content (AvgIpc) is 2.59. The summed E-state index contributed by atoms with van der Waals surface area (Å²) in [6.07, 6.45) is 3.10. The molecule has 1 aromatic carbocycles. The van der Waals surface area contributed by atoms with E-state index in [1.807, 2.05) is 20.8 Å². The Morgan fingerprint density at radius 2 is 1.88 bits per heavy atom. The SMILES string of the molecule is CCCNC(=O)C(=O)N/N=C\c1ccc(OCCC)c(OCC)c1. The molecule has 132 valence electrons. The smallest absolute Gasteiger partial charge is 0.329 e. The highest BCUT2D eigenvalue weighted by molar-refractivity contribution is 6.35. The molecule has 1 rings (SSSR count). The number of rotatable bonds is 9. The quantitative estimate of drug-likeness (QED) is 0.409. The minimum Gasteiger partial charge on any atom is -0.490 e. The van der Waals surface area contributed by atoms with E-state index in [2.05, 4.69) is 15.8 Å². The molecule has 0 aliphatic heterocycles. The molecule has 2 amide bonds. The average molecular weight is 335 g/mol. The summed E-state index contributed by atoms with van der Waals surface area (Å²) in [6, 6.07) is 5.35. The van der Waals surface area contributed by atoms with Crippen molar-refractivity contribution < 1.29 is 19.1 Å². The first-order valence-electron chi connectivity index (χ1n) is 8.13. The van der Waals surface area contributed by atoms with Gasteiger partial charge in [0.05, 0.1) is 19.4 Å². The zero-order chi connectivity index (χ0) is 17.8. The lowest BCUT2D eigenvalue weighted by atomic mass is 10.2. The van der Waals surface area contributed by atoms with Crippen LogP contribution in [0.15, 0.2) is 23.3 Å². The zero-order valence-electron chi connectivity index (χ0n) is 14.4. The van der Waals surface area contributed by atoms with Crippen LogP contribution in [-0.2, 0) is 9.59 Å². The molecule has 0 heterocycles. The Morgan fingerprint density at radius 3 is 2.54 bits per heavy atom. The van der Waals surface area contributed by atoms with Gasteiger partial charge in [0.25, 0.3) is 0 Å². The molecule has 0 bridgehead atoms. The van der Waals surface area contributed by atoms with Crippen LogP contribution in [0, 0.1) is 0 Å². The number of hydrogen-bond acceptors (Lipinski definition) is 5. The molecule has 0 radical (unpaired) electrons. The lowest BCUT2D eigenvalue weighted by Gasteiger charge is -2.11. The number of hydrogen-bond donors (Lipinski definition) is 2. The minimum absolute atomic E-state index is 0.451. The monoisotopic (exact) mass is 335 g/mol. The maximum absolute atomic E-state index is 11.5. The van der Waals surface area contributed by atoms with Gasteiger partial charge in [0, 0.05) is 6.54 Å². The van der Waals surface area contributed by atoms with E-state index in [4.69, 9.17) is 9.47 Å². The molecule has 7 nitrogen and oxygen atoms in total. The van der Waals surface area contributed by atoms with Gasteiger partial charge >= 0.3 is 11.8 Å². The first-order chi connectivity index (χ1) is 11.6.